The molecular formula is C34H50N2O6. The maximum atomic E-state index is 12.0. The van der Waals surface area contributed by atoms with Gasteiger partial charge in [-0.15, -0.1) is 0 Å². The number of nitrogens with zero attached hydrogens (tertiary/aromatic N) is 2. The third-order valence-electron chi connectivity index (χ3n) is 8.65. The van der Waals surface area contributed by atoms with Crippen LogP contribution in [0, 0.1) is 17.2 Å². The first kappa shape index (κ1) is 34.8. The number of ether oxygens (including phenoxy) is 4. The van der Waals surface area contributed by atoms with Crippen LogP contribution in [0.25, 0.3) is 0 Å². The zero-order chi connectivity index (χ0) is 31.3. The number of likely N-dealkylation sites (N-methyl/N-ethyl adjacent to an activating group) is 1. The molecule has 0 spiro atoms. The van der Waals surface area contributed by atoms with Crippen molar-refractivity contribution in [2.24, 2.45) is 5.92 Å². The third-order valence-corrected chi connectivity index (χ3v) is 8.65. The van der Waals surface area contributed by atoms with Crippen molar-refractivity contribution in [3.8, 4) is 29.1 Å². The minimum Gasteiger partial charge on any atom is -0.545 e. The Labute approximate surface area is 252 Å². The SMILES string of the molecule is CCCCCC[N+](C)(CCCC(C#N)(c1ccc(OC)c(OC)c1)C(C)C)CCc1cc(OC)c(OC)cc1C(=O)[O-]. The molecule has 0 fully saturated rings. The van der Waals surface area contributed by atoms with Crippen LogP contribution in [0.15, 0.2) is 30.3 Å². The number of methoxy groups -OCH3 is 4. The third kappa shape index (κ3) is 8.54. The zero-order valence-corrected chi connectivity index (χ0v) is 26.9. The molecule has 0 heterocycles. The maximum Gasteiger partial charge on any atom is 0.161 e. The molecule has 8 nitrogen and oxygen atoms in total. The Balaban J connectivity index is 2.33. The highest BCUT2D eigenvalue weighted by molar-refractivity contribution is 5.88. The average Bonchev–Trinajstić information content (AvgIpc) is 2.99. The fourth-order valence-electron chi connectivity index (χ4n) is 5.83. The minimum absolute atomic E-state index is 0.0845. The molecule has 0 saturated carbocycles. The number of nitriles is 1. The van der Waals surface area contributed by atoms with Crippen LogP contribution in [-0.2, 0) is 11.8 Å². The van der Waals surface area contributed by atoms with Crippen LogP contribution in [0.2, 0.25) is 0 Å². The second kappa shape index (κ2) is 16.3. The number of quaternary nitrogens is 1. The molecule has 42 heavy (non-hydrogen) atoms. The second-order valence-electron chi connectivity index (χ2n) is 11.7. The Morgan fingerprint density at radius 1 is 0.881 bits per heavy atom. The summed E-state index contributed by atoms with van der Waals surface area (Å²) in [4.78, 5) is 12.0. The lowest BCUT2D eigenvalue weighted by molar-refractivity contribution is -0.909. The van der Waals surface area contributed by atoms with E-state index in [1.807, 2.05) is 18.2 Å². The summed E-state index contributed by atoms with van der Waals surface area (Å²) in [6, 6.07) is 11.7. The highest BCUT2D eigenvalue weighted by Crippen LogP contribution is 2.40. The smallest absolute Gasteiger partial charge is 0.161 e. The molecule has 2 unspecified atom stereocenters. The van der Waals surface area contributed by atoms with E-state index < -0.39 is 11.4 Å². The van der Waals surface area contributed by atoms with Crippen molar-refractivity contribution in [2.75, 3.05) is 55.1 Å². The van der Waals surface area contributed by atoms with Gasteiger partial charge in [-0.05, 0) is 67.0 Å². The lowest BCUT2D eigenvalue weighted by atomic mass is 9.69. The van der Waals surface area contributed by atoms with Crippen molar-refractivity contribution in [3.63, 3.8) is 0 Å². The number of carbonyl (C=O) groups excluding carboxylic acids is 1. The van der Waals surface area contributed by atoms with E-state index in [-0.39, 0.29) is 11.5 Å². The van der Waals surface area contributed by atoms with E-state index in [0.717, 1.165) is 55.4 Å². The quantitative estimate of drug-likeness (QED) is 0.158. The molecule has 0 N–H and O–H groups in total. The Kier molecular flexibility index (Phi) is 13.5. The molecule has 232 valence electrons. The molecule has 2 atom stereocenters. The summed E-state index contributed by atoms with van der Waals surface area (Å²) >= 11 is 0. The fraction of sp³-hybridized carbons (Fsp3) is 0.588. The van der Waals surface area contributed by atoms with E-state index in [1.165, 1.54) is 19.6 Å². The molecule has 0 amide bonds. The molecule has 0 aliphatic heterocycles. The molecule has 2 aromatic rings. The molecule has 0 aliphatic carbocycles. The van der Waals surface area contributed by atoms with Crippen molar-refractivity contribution in [1.82, 2.24) is 0 Å². The number of aromatic carboxylic acids is 1. The van der Waals surface area contributed by atoms with Gasteiger partial charge >= 0.3 is 0 Å². The van der Waals surface area contributed by atoms with Gasteiger partial charge in [0.25, 0.3) is 0 Å². The van der Waals surface area contributed by atoms with Gasteiger partial charge in [-0.2, -0.15) is 5.26 Å². The maximum absolute atomic E-state index is 12.0. The number of benzene rings is 2. The minimum atomic E-state index is -1.23. The largest absolute Gasteiger partial charge is 0.545 e. The molecule has 0 saturated heterocycles. The predicted octanol–water partition coefficient (Wildman–Crippen LogP) is 5.55. The lowest BCUT2D eigenvalue weighted by Gasteiger charge is -2.37. The molecule has 2 aromatic carbocycles. The Hall–Kier alpha value is -3.44. The van der Waals surface area contributed by atoms with Gasteiger partial charge in [0.15, 0.2) is 23.0 Å². The van der Waals surface area contributed by atoms with Gasteiger partial charge < -0.3 is 33.3 Å². The molecule has 8 heteroatoms. The second-order valence-corrected chi connectivity index (χ2v) is 11.7. The topological polar surface area (TPSA) is 101 Å². The van der Waals surface area contributed by atoms with Crippen LogP contribution in [0.3, 0.4) is 0 Å². The Morgan fingerprint density at radius 2 is 1.48 bits per heavy atom. The summed E-state index contributed by atoms with van der Waals surface area (Å²) in [6.07, 6.45) is 6.68. The van der Waals surface area contributed by atoms with Gasteiger partial charge in [0.2, 0.25) is 0 Å². The van der Waals surface area contributed by atoms with Gasteiger partial charge in [-0.3, -0.25) is 0 Å². The van der Waals surface area contributed by atoms with Gasteiger partial charge in [0.1, 0.15) is 0 Å². The van der Waals surface area contributed by atoms with Crippen LogP contribution < -0.4 is 24.1 Å². The number of unbranched alkanes of at least 4 members (excludes halogenated alkanes) is 3. The lowest BCUT2D eigenvalue weighted by Crippen LogP contribution is -2.47. The number of hydrogen-bond acceptors (Lipinski definition) is 7. The normalized spacial score (nSPS) is 14.0. The summed E-state index contributed by atoms with van der Waals surface area (Å²) in [5.74, 6) is 0.981. The predicted molar refractivity (Wildman–Crippen MR) is 163 cm³/mol. The zero-order valence-electron chi connectivity index (χ0n) is 26.9. The first-order valence-electron chi connectivity index (χ1n) is 15.0. The fourth-order valence-corrected chi connectivity index (χ4v) is 5.83. The van der Waals surface area contributed by atoms with Crippen LogP contribution in [0.5, 0.6) is 23.0 Å². The number of rotatable bonds is 19. The van der Waals surface area contributed by atoms with Crippen molar-refractivity contribution in [2.45, 2.75) is 71.1 Å². The van der Waals surface area contributed by atoms with E-state index in [0.29, 0.717) is 41.4 Å². The standard InChI is InChI=1S/C34H50N2O6/c1-9-10-11-12-18-36(4,20-16-26-21-30(40-6)32(42-8)23-28(26)33(37)38)19-13-17-34(24-35,25(2)3)27-14-15-29(39-5)31(22-27)41-7/h14-15,21-23,25H,9-13,16-20H2,1-8H3. The van der Waals surface area contributed by atoms with Crippen LogP contribution in [0.4, 0.5) is 0 Å². The van der Waals surface area contributed by atoms with E-state index >= 15 is 0 Å². The Morgan fingerprint density at radius 3 is 2.02 bits per heavy atom. The number of hydrogen-bond donors (Lipinski definition) is 0. The molecule has 2 rings (SSSR count). The summed E-state index contributed by atoms with van der Waals surface area (Å²) < 4.78 is 22.5. The number of carboxylic acid groups (broad SMARTS) is 1. The van der Waals surface area contributed by atoms with Crippen molar-refractivity contribution in [1.29, 1.82) is 5.26 Å². The van der Waals surface area contributed by atoms with Crippen molar-refractivity contribution < 1.29 is 33.3 Å². The van der Waals surface area contributed by atoms with Crippen LogP contribution in [-0.4, -0.2) is 65.6 Å². The monoisotopic (exact) mass is 582 g/mol. The number of carbonyl (C=O) groups is 1. The molecule has 0 aromatic heterocycles. The molecular weight excluding hydrogens is 532 g/mol. The highest BCUT2D eigenvalue weighted by Gasteiger charge is 2.37. The van der Waals surface area contributed by atoms with Gasteiger partial charge in [0.05, 0.1) is 72.6 Å². The molecule has 0 bridgehead atoms. The van der Waals surface area contributed by atoms with E-state index in [4.69, 9.17) is 18.9 Å². The van der Waals surface area contributed by atoms with Gasteiger partial charge in [-0.25, -0.2) is 0 Å². The average molecular weight is 583 g/mol. The molecule has 0 radical (unpaired) electrons. The van der Waals surface area contributed by atoms with Crippen molar-refractivity contribution in [3.05, 3.63) is 47.0 Å². The Bertz CT molecular complexity index is 1210. The van der Waals surface area contributed by atoms with Gasteiger partial charge in [0, 0.05) is 12.0 Å². The van der Waals surface area contributed by atoms with Crippen molar-refractivity contribution >= 4 is 5.97 Å². The summed E-state index contributed by atoms with van der Waals surface area (Å²) in [6.45, 7) is 8.98. The van der Waals surface area contributed by atoms with Crippen LogP contribution in [0.1, 0.15) is 80.8 Å². The highest BCUT2D eigenvalue weighted by atomic mass is 16.5. The summed E-state index contributed by atoms with van der Waals surface area (Å²) in [5.41, 5.74) is 1.04. The van der Waals surface area contributed by atoms with E-state index in [9.17, 15) is 15.2 Å². The van der Waals surface area contributed by atoms with E-state index in [1.54, 1.807) is 27.4 Å². The first-order valence-corrected chi connectivity index (χ1v) is 15.0. The van der Waals surface area contributed by atoms with Gasteiger partial charge in [-0.1, -0.05) is 39.7 Å². The molecule has 0 aliphatic rings. The van der Waals surface area contributed by atoms with Crippen LogP contribution >= 0.6 is 0 Å². The van der Waals surface area contributed by atoms with E-state index in [2.05, 4.69) is 33.9 Å². The number of carboxylic acids is 1. The first-order chi connectivity index (χ1) is 20.0. The summed E-state index contributed by atoms with van der Waals surface area (Å²) in [5, 5.41) is 22.5. The summed E-state index contributed by atoms with van der Waals surface area (Å²) in [7, 11) is 8.49.